The lowest BCUT2D eigenvalue weighted by Gasteiger charge is -2.17. The summed E-state index contributed by atoms with van der Waals surface area (Å²) in [7, 11) is -4.39. The second-order valence-corrected chi connectivity index (χ2v) is 5.85. The number of rotatable bonds is 6. The van der Waals surface area contributed by atoms with E-state index in [-0.39, 0.29) is 9.92 Å². The van der Waals surface area contributed by atoms with Crippen molar-refractivity contribution in [2.75, 3.05) is 0 Å². The molecule has 0 saturated heterocycles. The van der Waals surface area contributed by atoms with Crippen LogP contribution in [0.2, 0.25) is 5.02 Å². The molecule has 1 aromatic rings. The van der Waals surface area contributed by atoms with Gasteiger partial charge >= 0.3 is 6.05 Å². The van der Waals surface area contributed by atoms with Gasteiger partial charge in [-0.2, -0.15) is 8.78 Å². The molecular weight excluding hydrogens is 302 g/mol. The van der Waals surface area contributed by atoms with E-state index >= 15 is 0 Å². The van der Waals surface area contributed by atoms with Crippen LogP contribution in [0, 0.1) is 0 Å². The minimum absolute atomic E-state index is 0.277. The second kappa shape index (κ2) is 5.81. The Bertz CT molecular complexity index is 561. The number of carbonyl (C=O) groups excluding carboxylic acids is 1. The van der Waals surface area contributed by atoms with Crippen LogP contribution in [0.25, 0.3) is 0 Å². The molecule has 0 radical (unpaired) electrons. The van der Waals surface area contributed by atoms with Gasteiger partial charge in [-0.1, -0.05) is 11.6 Å². The van der Waals surface area contributed by atoms with Crippen molar-refractivity contribution in [3.05, 3.63) is 29.3 Å². The number of halogens is 3. The third-order valence-electron chi connectivity index (χ3n) is 2.09. The van der Waals surface area contributed by atoms with Gasteiger partial charge in [-0.05, 0) is 24.3 Å². The molecule has 19 heavy (non-hydrogen) atoms. The molecule has 0 aliphatic rings. The predicted octanol–water partition coefficient (Wildman–Crippen LogP) is 1.48. The largest absolute Gasteiger partial charge is 0.370 e. The molecule has 3 N–H and O–H groups in total. The van der Waals surface area contributed by atoms with E-state index in [1.807, 2.05) is 0 Å². The molecule has 0 aliphatic carbocycles. The first-order valence-corrected chi connectivity index (χ1v) is 6.94. The van der Waals surface area contributed by atoms with E-state index < -0.39 is 34.8 Å². The number of hydrogen-bond donors (Lipinski definition) is 2. The first-order chi connectivity index (χ1) is 8.62. The summed E-state index contributed by atoms with van der Waals surface area (Å²) in [6.07, 6.45) is -1.63. The predicted molar refractivity (Wildman–Crippen MR) is 65.1 cm³/mol. The smallest absolute Gasteiger partial charge is 0.315 e. The minimum Gasteiger partial charge on any atom is -0.370 e. The van der Waals surface area contributed by atoms with E-state index in [0.29, 0.717) is 0 Å². The molecule has 1 amide bonds. The molecule has 0 spiro atoms. The molecule has 0 unspecified atom stereocenters. The fourth-order valence-electron chi connectivity index (χ4n) is 1.20. The van der Waals surface area contributed by atoms with E-state index in [1.165, 1.54) is 16.9 Å². The summed E-state index contributed by atoms with van der Waals surface area (Å²) >= 11 is 5.56. The molecule has 0 heterocycles. The first-order valence-electron chi connectivity index (χ1n) is 5.08. The van der Waals surface area contributed by atoms with E-state index in [4.69, 9.17) is 17.3 Å². The zero-order chi connectivity index (χ0) is 14.7. The fraction of sp³-hybridized carbons (Fsp3) is 0.300. The van der Waals surface area contributed by atoms with Gasteiger partial charge in [0.1, 0.15) is 0 Å². The standard InChI is InChI=1S/C10H11ClF2N2O3S/c11-7-1-3-8(4-2-7)19(17,18)15-10(12,13)6-5-9(14)16/h1-4,15H,5-6H2,(H2,14,16). The van der Waals surface area contributed by atoms with Crippen LogP contribution >= 0.6 is 11.6 Å². The molecule has 0 aliphatic heterocycles. The number of benzene rings is 1. The lowest BCUT2D eigenvalue weighted by molar-refractivity contribution is -0.120. The third-order valence-corrected chi connectivity index (χ3v) is 3.81. The zero-order valence-electron chi connectivity index (χ0n) is 9.57. The lowest BCUT2D eigenvalue weighted by atomic mass is 10.3. The Labute approximate surface area is 113 Å². The summed E-state index contributed by atoms with van der Waals surface area (Å²) in [5.74, 6) is -0.939. The van der Waals surface area contributed by atoms with Crippen molar-refractivity contribution in [3.8, 4) is 0 Å². The van der Waals surface area contributed by atoms with Gasteiger partial charge in [-0.15, -0.1) is 4.72 Å². The van der Waals surface area contributed by atoms with E-state index in [2.05, 4.69) is 0 Å². The van der Waals surface area contributed by atoms with Crippen LogP contribution in [0.4, 0.5) is 8.78 Å². The van der Waals surface area contributed by atoms with Crippen molar-refractivity contribution in [2.24, 2.45) is 5.73 Å². The second-order valence-electron chi connectivity index (χ2n) is 3.73. The first kappa shape index (κ1) is 15.8. The highest BCUT2D eigenvalue weighted by atomic mass is 35.5. The van der Waals surface area contributed by atoms with Gasteiger partial charge in [0.2, 0.25) is 15.9 Å². The number of carbonyl (C=O) groups is 1. The molecule has 0 atom stereocenters. The highest BCUT2D eigenvalue weighted by molar-refractivity contribution is 7.89. The molecule has 1 rings (SSSR count). The average Bonchev–Trinajstić information content (AvgIpc) is 2.26. The van der Waals surface area contributed by atoms with E-state index in [0.717, 1.165) is 12.1 Å². The topological polar surface area (TPSA) is 89.3 Å². The number of nitrogens with one attached hydrogen (secondary N) is 1. The fourth-order valence-corrected chi connectivity index (χ4v) is 2.43. The zero-order valence-corrected chi connectivity index (χ0v) is 11.1. The van der Waals surface area contributed by atoms with Crippen LogP contribution in [-0.4, -0.2) is 20.4 Å². The maximum Gasteiger partial charge on any atom is 0.315 e. The maximum atomic E-state index is 13.3. The number of primary amides is 1. The van der Waals surface area contributed by atoms with Crippen LogP contribution in [0.15, 0.2) is 29.2 Å². The van der Waals surface area contributed by atoms with Crippen molar-refractivity contribution in [1.29, 1.82) is 0 Å². The van der Waals surface area contributed by atoms with E-state index in [9.17, 15) is 22.0 Å². The molecule has 5 nitrogen and oxygen atoms in total. The number of sulfonamides is 1. The van der Waals surface area contributed by atoms with Crippen molar-refractivity contribution in [1.82, 2.24) is 4.72 Å². The van der Waals surface area contributed by atoms with Crippen LogP contribution in [-0.2, 0) is 14.8 Å². The SMILES string of the molecule is NC(=O)CCC(F)(F)NS(=O)(=O)c1ccc(Cl)cc1. The summed E-state index contributed by atoms with van der Waals surface area (Å²) in [6.45, 7) is 0. The summed E-state index contributed by atoms with van der Waals surface area (Å²) in [4.78, 5) is 10.1. The quantitative estimate of drug-likeness (QED) is 0.780. The summed E-state index contributed by atoms with van der Waals surface area (Å²) in [6, 6.07) is 0.951. The average molecular weight is 313 g/mol. The normalized spacial score (nSPS) is 12.4. The Morgan fingerprint density at radius 1 is 1.32 bits per heavy atom. The van der Waals surface area contributed by atoms with Gasteiger partial charge < -0.3 is 5.73 Å². The molecular formula is C10H11ClF2N2O3S. The Morgan fingerprint density at radius 3 is 2.32 bits per heavy atom. The Balaban J connectivity index is 2.84. The maximum absolute atomic E-state index is 13.3. The van der Waals surface area contributed by atoms with Crippen LogP contribution < -0.4 is 10.5 Å². The Kier molecular flexibility index (Phi) is 4.83. The van der Waals surface area contributed by atoms with E-state index in [1.54, 1.807) is 0 Å². The highest BCUT2D eigenvalue weighted by Gasteiger charge is 2.35. The van der Waals surface area contributed by atoms with Crippen LogP contribution in [0.3, 0.4) is 0 Å². The molecule has 106 valence electrons. The molecule has 9 heteroatoms. The van der Waals surface area contributed by atoms with Gasteiger partial charge in [-0.3, -0.25) is 4.79 Å². The third kappa shape index (κ3) is 5.09. The number of nitrogens with two attached hydrogens (primary N) is 1. The Hall–Kier alpha value is -1.25. The lowest BCUT2D eigenvalue weighted by Crippen LogP contribution is -2.41. The van der Waals surface area contributed by atoms with Gasteiger partial charge in [0.05, 0.1) is 4.90 Å². The monoisotopic (exact) mass is 312 g/mol. The summed E-state index contributed by atoms with van der Waals surface area (Å²) in [5.41, 5.74) is 4.73. The van der Waals surface area contributed by atoms with Gasteiger partial charge in [-0.25, -0.2) is 8.42 Å². The summed E-state index contributed by atoms with van der Waals surface area (Å²) in [5, 5.41) is 0.277. The number of hydrogen-bond acceptors (Lipinski definition) is 3. The van der Waals surface area contributed by atoms with Crippen LogP contribution in [0.1, 0.15) is 12.8 Å². The summed E-state index contributed by atoms with van der Waals surface area (Å²) < 4.78 is 51.2. The minimum atomic E-state index is -4.39. The van der Waals surface area contributed by atoms with Crippen molar-refractivity contribution < 1.29 is 22.0 Å². The molecule has 0 saturated carbocycles. The Morgan fingerprint density at radius 2 is 1.84 bits per heavy atom. The van der Waals surface area contributed by atoms with Gasteiger partial charge in [0.15, 0.2) is 0 Å². The molecule has 1 aromatic carbocycles. The number of amides is 1. The van der Waals surface area contributed by atoms with Gasteiger partial charge in [0, 0.05) is 17.9 Å². The van der Waals surface area contributed by atoms with Crippen LogP contribution in [0.5, 0.6) is 0 Å². The van der Waals surface area contributed by atoms with Crippen molar-refractivity contribution in [2.45, 2.75) is 23.8 Å². The van der Waals surface area contributed by atoms with Crippen molar-refractivity contribution >= 4 is 27.5 Å². The molecule has 0 bridgehead atoms. The van der Waals surface area contributed by atoms with Crippen molar-refractivity contribution in [3.63, 3.8) is 0 Å². The number of alkyl halides is 2. The molecule has 0 aromatic heterocycles. The molecule has 0 fully saturated rings. The highest BCUT2D eigenvalue weighted by Crippen LogP contribution is 2.21. The van der Waals surface area contributed by atoms with Gasteiger partial charge in [0.25, 0.3) is 0 Å².